The third-order valence-electron chi connectivity index (χ3n) is 5.90. The molecule has 0 spiro atoms. The van der Waals surface area contributed by atoms with Crippen LogP contribution >= 0.6 is 0 Å². The predicted octanol–water partition coefficient (Wildman–Crippen LogP) is 6.71. The van der Waals surface area contributed by atoms with E-state index in [1.165, 1.54) is 113 Å². The quantitative estimate of drug-likeness (QED) is 0.191. The Hall–Kier alpha value is -1.20. The average Bonchev–Trinajstić information content (AvgIpc) is 3.08. The lowest BCUT2D eigenvalue weighted by molar-refractivity contribution is 0.0690. The summed E-state index contributed by atoms with van der Waals surface area (Å²) in [6.07, 6.45) is 21.6. The van der Waals surface area contributed by atoms with Crippen LogP contribution in [0, 0.1) is 0 Å². The largest absolute Gasteiger partial charge is 0.494 e. The first-order valence-electron chi connectivity index (χ1n) is 12.5. The smallest absolute Gasteiger partial charge is 0.194 e. The van der Waals surface area contributed by atoms with E-state index in [2.05, 4.69) is 6.92 Å². The molecule has 1 heterocycles. The number of aliphatic hydroxyl groups excluding tert-OH is 1. The summed E-state index contributed by atoms with van der Waals surface area (Å²) in [4.78, 5) is 0. The molecule has 0 amide bonds. The van der Waals surface area contributed by atoms with E-state index in [4.69, 9.17) is 4.74 Å². The lowest BCUT2D eigenvalue weighted by atomic mass is 10.0. The summed E-state index contributed by atoms with van der Waals surface area (Å²) in [5, 5.41) is 28.9. The molecule has 0 radical (unpaired) electrons. The van der Waals surface area contributed by atoms with Crippen molar-refractivity contribution >= 4 is 0 Å². The van der Waals surface area contributed by atoms with Gasteiger partial charge in [0.1, 0.15) is 0 Å². The van der Waals surface area contributed by atoms with Gasteiger partial charge in [-0.25, -0.2) is 0 Å². The molecule has 0 aliphatic heterocycles. The number of aromatic nitrogens is 1. The van der Waals surface area contributed by atoms with Crippen LogP contribution in [0.25, 0.3) is 0 Å². The summed E-state index contributed by atoms with van der Waals surface area (Å²) in [6, 6.07) is 2.36. The zero-order chi connectivity index (χ0) is 21.9. The third kappa shape index (κ3) is 12.5. The molecule has 0 saturated carbocycles. The van der Waals surface area contributed by atoms with Crippen LogP contribution in [0.1, 0.15) is 116 Å². The van der Waals surface area contributed by atoms with Crippen LogP contribution in [-0.2, 0) is 4.74 Å². The van der Waals surface area contributed by atoms with Crippen LogP contribution in [-0.4, -0.2) is 39.7 Å². The number of hydrogen-bond acceptors (Lipinski definition) is 4. The molecule has 3 N–H and O–H groups in total. The second-order valence-electron chi connectivity index (χ2n) is 8.63. The Morgan fingerprint density at radius 1 is 0.700 bits per heavy atom. The van der Waals surface area contributed by atoms with Gasteiger partial charge < -0.3 is 20.1 Å². The van der Waals surface area contributed by atoms with Gasteiger partial charge in [0, 0.05) is 18.7 Å². The normalized spacial score (nSPS) is 12.5. The third-order valence-corrected chi connectivity index (χ3v) is 5.90. The lowest BCUT2D eigenvalue weighted by Crippen LogP contribution is -2.19. The van der Waals surface area contributed by atoms with Gasteiger partial charge in [0.25, 0.3) is 0 Å². The first-order valence-corrected chi connectivity index (χ1v) is 12.5. The number of unbranched alkanes of at least 4 members (excludes halogenated alkanes) is 15. The number of nitrogens with zero attached hydrogens (tertiary/aromatic N) is 1. The summed E-state index contributed by atoms with van der Waals surface area (Å²) >= 11 is 0. The zero-order valence-electron chi connectivity index (χ0n) is 19.4. The Balaban J connectivity index is 1.83. The van der Waals surface area contributed by atoms with Crippen molar-refractivity contribution in [3.8, 4) is 11.8 Å². The summed E-state index contributed by atoms with van der Waals surface area (Å²) in [7, 11) is 0. The van der Waals surface area contributed by atoms with Crippen molar-refractivity contribution in [2.45, 2.75) is 116 Å². The molecule has 0 fully saturated rings. The Bertz CT molecular complexity index is 484. The van der Waals surface area contributed by atoms with E-state index < -0.39 is 6.04 Å². The van der Waals surface area contributed by atoms with Gasteiger partial charge in [-0.1, -0.05) is 103 Å². The van der Waals surface area contributed by atoms with Crippen molar-refractivity contribution < 1.29 is 20.1 Å². The molecule has 0 aliphatic carbocycles. The molecule has 1 atom stereocenters. The molecule has 0 aromatic carbocycles. The van der Waals surface area contributed by atoms with E-state index >= 15 is 0 Å². The summed E-state index contributed by atoms with van der Waals surface area (Å²) < 4.78 is 6.94. The van der Waals surface area contributed by atoms with Gasteiger partial charge in [0.05, 0.1) is 19.3 Å². The minimum atomic E-state index is -0.457. The van der Waals surface area contributed by atoms with Crippen LogP contribution in [0.5, 0.6) is 11.8 Å². The van der Waals surface area contributed by atoms with Gasteiger partial charge in [0.2, 0.25) is 0 Å². The van der Waals surface area contributed by atoms with Crippen molar-refractivity contribution in [2.75, 3.05) is 19.8 Å². The second-order valence-corrected chi connectivity index (χ2v) is 8.63. The van der Waals surface area contributed by atoms with Crippen LogP contribution in [0.15, 0.2) is 12.1 Å². The predicted molar refractivity (Wildman–Crippen MR) is 124 cm³/mol. The molecule has 0 aliphatic rings. The molecule has 1 aromatic heterocycles. The lowest BCUT2D eigenvalue weighted by Gasteiger charge is -2.18. The van der Waals surface area contributed by atoms with Crippen molar-refractivity contribution in [3.05, 3.63) is 12.1 Å². The first kappa shape index (κ1) is 26.8. The van der Waals surface area contributed by atoms with Crippen molar-refractivity contribution in [1.82, 2.24) is 4.57 Å². The Labute approximate surface area is 184 Å². The minimum absolute atomic E-state index is 0.0578. The van der Waals surface area contributed by atoms with E-state index in [-0.39, 0.29) is 25.0 Å². The molecule has 1 rings (SSSR count). The molecule has 5 heteroatoms. The maximum absolute atomic E-state index is 9.72. The molecule has 30 heavy (non-hydrogen) atoms. The van der Waals surface area contributed by atoms with Gasteiger partial charge in [0.15, 0.2) is 11.8 Å². The molecular weight excluding hydrogens is 378 g/mol. The van der Waals surface area contributed by atoms with Gasteiger partial charge in [-0.3, -0.25) is 4.57 Å². The molecule has 5 nitrogen and oxygen atoms in total. The molecule has 176 valence electrons. The van der Waals surface area contributed by atoms with Crippen LogP contribution in [0.4, 0.5) is 0 Å². The number of aromatic hydroxyl groups is 2. The van der Waals surface area contributed by atoms with E-state index in [1.807, 2.05) is 0 Å². The van der Waals surface area contributed by atoms with Crippen molar-refractivity contribution in [1.29, 1.82) is 0 Å². The van der Waals surface area contributed by atoms with Crippen LogP contribution < -0.4 is 0 Å². The van der Waals surface area contributed by atoms with Crippen molar-refractivity contribution in [2.24, 2.45) is 0 Å². The monoisotopic (exact) mass is 425 g/mol. The fourth-order valence-corrected chi connectivity index (χ4v) is 3.98. The Kier molecular flexibility index (Phi) is 16.6. The number of hydrogen-bond donors (Lipinski definition) is 3. The molecule has 0 bridgehead atoms. The minimum Gasteiger partial charge on any atom is -0.494 e. The van der Waals surface area contributed by atoms with E-state index in [0.717, 1.165) is 6.42 Å². The number of rotatable bonds is 21. The average molecular weight is 426 g/mol. The summed E-state index contributed by atoms with van der Waals surface area (Å²) in [5.74, 6) is -0.116. The maximum atomic E-state index is 9.72. The maximum Gasteiger partial charge on any atom is 0.194 e. The van der Waals surface area contributed by atoms with Crippen LogP contribution in [0.3, 0.4) is 0 Å². The summed E-state index contributed by atoms with van der Waals surface area (Å²) in [6.45, 7) is 3.02. The number of aliphatic hydroxyl groups is 1. The van der Waals surface area contributed by atoms with E-state index in [0.29, 0.717) is 6.61 Å². The van der Waals surface area contributed by atoms with Gasteiger partial charge in [-0.2, -0.15) is 0 Å². The standard InChI is InChI=1S/C25H47NO4/c1-2-3-4-5-6-7-8-9-10-11-12-13-14-15-16-17-20-30-22-23(21-27)26-24(28)18-19-25(26)29/h18-19,23,27-29H,2-17,20-22H2,1H3. The molecule has 0 saturated heterocycles. The highest BCUT2D eigenvalue weighted by Crippen LogP contribution is 2.26. The van der Waals surface area contributed by atoms with Gasteiger partial charge in [-0.15, -0.1) is 0 Å². The van der Waals surface area contributed by atoms with Crippen LogP contribution in [0.2, 0.25) is 0 Å². The number of ether oxygens (including phenoxy) is 1. The molecular formula is C25H47NO4. The van der Waals surface area contributed by atoms with E-state index in [1.54, 1.807) is 0 Å². The van der Waals surface area contributed by atoms with Gasteiger partial charge in [-0.05, 0) is 6.42 Å². The molecule has 1 unspecified atom stereocenters. The summed E-state index contributed by atoms with van der Waals surface area (Å²) in [5.41, 5.74) is 0. The first-order chi connectivity index (χ1) is 14.7. The molecule has 1 aromatic rings. The SMILES string of the molecule is CCCCCCCCCCCCCCCCCCOCC(CO)n1c(O)ccc1O. The fourth-order valence-electron chi connectivity index (χ4n) is 3.98. The van der Waals surface area contributed by atoms with E-state index in [9.17, 15) is 15.3 Å². The highest BCUT2D eigenvalue weighted by molar-refractivity contribution is 5.24. The highest BCUT2D eigenvalue weighted by Gasteiger charge is 2.16. The fraction of sp³-hybridized carbons (Fsp3) is 0.840. The zero-order valence-corrected chi connectivity index (χ0v) is 19.4. The second kappa shape index (κ2) is 18.6. The Morgan fingerprint density at radius 3 is 1.50 bits per heavy atom. The Morgan fingerprint density at radius 2 is 1.10 bits per heavy atom. The highest BCUT2D eigenvalue weighted by atomic mass is 16.5. The topological polar surface area (TPSA) is 74.9 Å². The van der Waals surface area contributed by atoms with Crippen molar-refractivity contribution in [3.63, 3.8) is 0 Å². The van der Waals surface area contributed by atoms with Gasteiger partial charge >= 0.3 is 0 Å².